The summed E-state index contributed by atoms with van der Waals surface area (Å²) in [5.41, 5.74) is 1.42. The number of fused-ring (bicyclic) bond motifs is 1. The molecular weight excluding hydrogens is 226 g/mol. The molecule has 0 heterocycles. The van der Waals surface area contributed by atoms with E-state index >= 15 is 0 Å². The van der Waals surface area contributed by atoms with Crippen LogP contribution in [0.5, 0.6) is 0 Å². The Balaban J connectivity index is 2.13. The summed E-state index contributed by atoms with van der Waals surface area (Å²) in [6, 6.07) is 8.50. The van der Waals surface area contributed by atoms with Crippen LogP contribution < -0.4 is 0 Å². The summed E-state index contributed by atoms with van der Waals surface area (Å²) in [7, 11) is 1.98. The molecule has 1 unspecified atom stereocenters. The van der Waals surface area contributed by atoms with Gasteiger partial charge in [0.05, 0.1) is 0 Å². The quantitative estimate of drug-likeness (QED) is 0.889. The Bertz CT molecular complexity index is 481. The van der Waals surface area contributed by atoms with Gasteiger partial charge in [-0.05, 0) is 50.3 Å². The van der Waals surface area contributed by atoms with E-state index in [-0.39, 0.29) is 0 Å². The molecule has 0 aliphatic heterocycles. The molecule has 0 amide bonds. The first-order chi connectivity index (χ1) is 8.66. The molecule has 3 rings (SSSR count). The number of hydrogen-bond acceptors (Lipinski definition) is 2. The fraction of sp³-hybridized carbons (Fsp3) is 0.533. The Hall–Kier alpha value is -1.35. The van der Waals surface area contributed by atoms with Crippen molar-refractivity contribution in [3.63, 3.8) is 0 Å². The van der Waals surface area contributed by atoms with Gasteiger partial charge in [0.15, 0.2) is 0 Å². The standard InChI is InChI=1S/C15H19NO2/c1-16(12-8-9-12)15(14(17)18)10-4-6-11-5-2-3-7-13(11)15/h2-3,5,7,12H,4,6,8-10H2,1H3,(H,17,18). The highest BCUT2D eigenvalue weighted by atomic mass is 16.4. The number of nitrogens with zero attached hydrogens (tertiary/aromatic N) is 1. The minimum atomic E-state index is -0.796. The maximum absolute atomic E-state index is 12.0. The lowest BCUT2D eigenvalue weighted by molar-refractivity contribution is -0.153. The lowest BCUT2D eigenvalue weighted by Gasteiger charge is -2.42. The number of benzene rings is 1. The predicted octanol–water partition coefficient (Wildman–Crippen LogP) is 2.40. The van der Waals surface area contributed by atoms with Crippen molar-refractivity contribution in [1.82, 2.24) is 4.90 Å². The number of carboxylic acid groups (broad SMARTS) is 1. The summed E-state index contributed by atoms with van der Waals surface area (Å²) >= 11 is 0. The van der Waals surface area contributed by atoms with Crippen LogP contribution >= 0.6 is 0 Å². The van der Waals surface area contributed by atoms with Crippen LogP contribution in [0, 0.1) is 0 Å². The van der Waals surface area contributed by atoms with Gasteiger partial charge in [-0.3, -0.25) is 4.90 Å². The zero-order valence-electron chi connectivity index (χ0n) is 10.7. The van der Waals surface area contributed by atoms with Crippen LogP contribution in [0.15, 0.2) is 24.3 Å². The van der Waals surface area contributed by atoms with Gasteiger partial charge in [-0.25, -0.2) is 4.79 Å². The molecule has 2 aliphatic carbocycles. The molecule has 0 radical (unpaired) electrons. The Morgan fingerprint density at radius 1 is 1.39 bits per heavy atom. The number of aryl methyl sites for hydroxylation is 1. The summed E-state index contributed by atoms with van der Waals surface area (Å²) in [4.78, 5) is 14.1. The number of hydrogen-bond donors (Lipinski definition) is 1. The van der Waals surface area contributed by atoms with E-state index in [0.717, 1.165) is 37.7 Å². The van der Waals surface area contributed by atoms with Crippen LogP contribution in [0.4, 0.5) is 0 Å². The highest BCUT2D eigenvalue weighted by Crippen LogP contribution is 2.44. The SMILES string of the molecule is CN(C1CC1)C1(C(=O)O)CCCc2ccccc21. The van der Waals surface area contributed by atoms with Gasteiger partial charge >= 0.3 is 5.97 Å². The van der Waals surface area contributed by atoms with Crippen molar-refractivity contribution in [2.24, 2.45) is 0 Å². The molecule has 0 saturated heterocycles. The van der Waals surface area contributed by atoms with E-state index in [1.54, 1.807) is 0 Å². The normalized spacial score (nSPS) is 27.0. The van der Waals surface area contributed by atoms with Crippen molar-refractivity contribution in [1.29, 1.82) is 0 Å². The predicted molar refractivity (Wildman–Crippen MR) is 69.5 cm³/mol. The largest absolute Gasteiger partial charge is 0.480 e. The maximum Gasteiger partial charge on any atom is 0.328 e. The summed E-state index contributed by atoms with van der Waals surface area (Å²) < 4.78 is 0. The molecular formula is C15H19NO2. The molecule has 0 aromatic heterocycles. The van der Waals surface area contributed by atoms with Gasteiger partial charge in [0, 0.05) is 6.04 Å². The van der Waals surface area contributed by atoms with E-state index in [0.29, 0.717) is 6.04 Å². The van der Waals surface area contributed by atoms with Gasteiger partial charge in [0.1, 0.15) is 5.54 Å². The molecule has 1 atom stereocenters. The van der Waals surface area contributed by atoms with E-state index in [1.807, 2.05) is 25.2 Å². The molecule has 0 bridgehead atoms. The van der Waals surface area contributed by atoms with Crippen LogP contribution in [0.3, 0.4) is 0 Å². The Labute approximate surface area is 107 Å². The third kappa shape index (κ3) is 1.57. The summed E-state index contributed by atoms with van der Waals surface area (Å²) in [6.45, 7) is 0. The molecule has 3 nitrogen and oxygen atoms in total. The third-order valence-electron chi connectivity index (χ3n) is 4.50. The van der Waals surface area contributed by atoms with E-state index < -0.39 is 11.5 Å². The van der Waals surface area contributed by atoms with Crippen molar-refractivity contribution in [2.75, 3.05) is 7.05 Å². The van der Waals surface area contributed by atoms with E-state index in [1.165, 1.54) is 5.56 Å². The molecule has 3 heteroatoms. The summed E-state index contributed by atoms with van der Waals surface area (Å²) in [6.07, 6.45) is 4.96. The number of carboxylic acids is 1. The minimum Gasteiger partial charge on any atom is -0.480 e. The smallest absolute Gasteiger partial charge is 0.328 e. The Morgan fingerprint density at radius 3 is 2.78 bits per heavy atom. The van der Waals surface area contributed by atoms with Crippen LogP contribution in [-0.2, 0) is 16.8 Å². The minimum absolute atomic E-state index is 0.451. The Morgan fingerprint density at radius 2 is 2.11 bits per heavy atom. The molecule has 0 spiro atoms. The molecule has 1 aromatic carbocycles. The number of aliphatic carboxylic acids is 1. The average molecular weight is 245 g/mol. The van der Waals surface area contributed by atoms with Gasteiger partial charge in [-0.15, -0.1) is 0 Å². The van der Waals surface area contributed by atoms with Crippen LogP contribution in [0.1, 0.15) is 36.8 Å². The topological polar surface area (TPSA) is 40.5 Å². The maximum atomic E-state index is 12.0. The van der Waals surface area contributed by atoms with Gasteiger partial charge in [-0.2, -0.15) is 0 Å². The molecule has 1 saturated carbocycles. The van der Waals surface area contributed by atoms with Gasteiger partial charge in [-0.1, -0.05) is 24.3 Å². The first-order valence-corrected chi connectivity index (χ1v) is 6.71. The van der Waals surface area contributed by atoms with E-state index in [4.69, 9.17) is 0 Å². The third-order valence-corrected chi connectivity index (χ3v) is 4.50. The summed E-state index contributed by atoms with van der Waals surface area (Å²) in [5.74, 6) is -0.691. The lowest BCUT2D eigenvalue weighted by atomic mass is 9.75. The second kappa shape index (κ2) is 4.09. The van der Waals surface area contributed by atoms with Gasteiger partial charge < -0.3 is 5.11 Å². The highest BCUT2D eigenvalue weighted by Gasteiger charge is 2.50. The van der Waals surface area contributed by atoms with Gasteiger partial charge in [0.2, 0.25) is 0 Å². The first-order valence-electron chi connectivity index (χ1n) is 6.71. The van der Waals surface area contributed by atoms with Crippen molar-refractivity contribution in [3.05, 3.63) is 35.4 Å². The van der Waals surface area contributed by atoms with Crippen molar-refractivity contribution < 1.29 is 9.90 Å². The van der Waals surface area contributed by atoms with Crippen molar-refractivity contribution in [2.45, 2.75) is 43.7 Å². The molecule has 1 aromatic rings. The van der Waals surface area contributed by atoms with Gasteiger partial charge in [0.25, 0.3) is 0 Å². The second-order valence-corrected chi connectivity index (χ2v) is 5.52. The van der Waals surface area contributed by atoms with Crippen LogP contribution in [0.25, 0.3) is 0 Å². The zero-order valence-corrected chi connectivity index (χ0v) is 10.7. The first kappa shape index (κ1) is 11.7. The molecule has 18 heavy (non-hydrogen) atoms. The monoisotopic (exact) mass is 245 g/mol. The van der Waals surface area contributed by atoms with E-state index in [2.05, 4.69) is 11.0 Å². The number of likely N-dealkylation sites (N-methyl/N-ethyl adjacent to an activating group) is 1. The molecule has 96 valence electrons. The second-order valence-electron chi connectivity index (χ2n) is 5.52. The highest BCUT2D eigenvalue weighted by molar-refractivity contribution is 5.82. The van der Waals surface area contributed by atoms with Crippen LogP contribution in [0.2, 0.25) is 0 Å². The van der Waals surface area contributed by atoms with Crippen molar-refractivity contribution in [3.8, 4) is 0 Å². The molecule has 2 aliphatic rings. The molecule has 1 N–H and O–H groups in total. The number of rotatable bonds is 3. The average Bonchev–Trinajstić information content (AvgIpc) is 3.21. The number of carbonyl (C=O) groups is 1. The van der Waals surface area contributed by atoms with Crippen molar-refractivity contribution >= 4 is 5.97 Å². The fourth-order valence-electron chi connectivity index (χ4n) is 3.32. The summed E-state index contributed by atoms with van der Waals surface area (Å²) in [5, 5.41) is 9.84. The van der Waals surface area contributed by atoms with Crippen LogP contribution in [-0.4, -0.2) is 29.1 Å². The Kier molecular flexibility index (Phi) is 2.67. The zero-order chi connectivity index (χ0) is 12.8. The lowest BCUT2D eigenvalue weighted by Crippen LogP contribution is -2.53. The molecule has 1 fully saturated rings. The van der Waals surface area contributed by atoms with E-state index in [9.17, 15) is 9.90 Å². The fourth-order valence-corrected chi connectivity index (χ4v) is 3.32.